The number of pyridine rings is 3. The minimum atomic E-state index is -0.731. The minimum Gasteiger partial charge on any atom is -0.374 e. The SMILES string of the molecule is CCCC(O)Nc1cncc(-c2cnc3n[nH]c(-c4nc5nccc(-c6ccc(F)s6)c5[nH]4)c3c2F)c1. The Kier molecular flexibility index (Phi) is 5.81. The Morgan fingerprint density at radius 3 is 2.78 bits per heavy atom. The molecule has 0 amide bonds. The third-order valence-electron chi connectivity index (χ3n) is 5.93. The maximum absolute atomic E-state index is 16.0. The van der Waals surface area contributed by atoms with Crippen LogP contribution in [0.15, 0.2) is 49.1 Å². The molecule has 0 fully saturated rings. The molecule has 0 aliphatic heterocycles. The molecule has 0 aliphatic carbocycles. The van der Waals surface area contributed by atoms with Crippen molar-refractivity contribution < 1.29 is 13.9 Å². The molecule has 0 aliphatic rings. The van der Waals surface area contributed by atoms with Gasteiger partial charge in [0.15, 0.2) is 22.2 Å². The fourth-order valence-corrected chi connectivity index (χ4v) is 4.98. The van der Waals surface area contributed by atoms with Crippen molar-refractivity contribution in [1.82, 2.24) is 35.1 Å². The summed E-state index contributed by atoms with van der Waals surface area (Å²) in [6, 6.07) is 6.56. The van der Waals surface area contributed by atoms with Gasteiger partial charge < -0.3 is 15.4 Å². The zero-order chi connectivity index (χ0) is 25.5. The van der Waals surface area contributed by atoms with E-state index in [2.05, 4.69) is 40.4 Å². The molecule has 1 unspecified atom stereocenters. The van der Waals surface area contributed by atoms with E-state index in [4.69, 9.17) is 0 Å². The number of nitrogens with zero attached hydrogens (tertiary/aromatic N) is 5. The van der Waals surface area contributed by atoms with Crippen molar-refractivity contribution in [1.29, 1.82) is 0 Å². The van der Waals surface area contributed by atoms with Crippen LogP contribution in [0.3, 0.4) is 0 Å². The number of thiophene rings is 1. The van der Waals surface area contributed by atoms with Crippen LogP contribution in [-0.2, 0) is 0 Å². The Morgan fingerprint density at radius 2 is 1.97 bits per heavy atom. The number of fused-ring (bicyclic) bond motifs is 2. The van der Waals surface area contributed by atoms with Crippen molar-refractivity contribution in [3.05, 3.63) is 60.0 Å². The van der Waals surface area contributed by atoms with Crippen LogP contribution in [0, 0.1) is 10.9 Å². The number of aliphatic hydroxyl groups is 1. The summed E-state index contributed by atoms with van der Waals surface area (Å²) in [5.41, 5.74) is 3.51. The molecule has 6 rings (SSSR count). The number of halogens is 2. The minimum absolute atomic E-state index is 0.157. The summed E-state index contributed by atoms with van der Waals surface area (Å²) < 4.78 is 29.6. The summed E-state index contributed by atoms with van der Waals surface area (Å²) in [5.74, 6) is -0.223. The third-order valence-corrected chi connectivity index (χ3v) is 6.84. The van der Waals surface area contributed by atoms with Crippen LogP contribution < -0.4 is 5.32 Å². The molecule has 0 saturated carbocycles. The van der Waals surface area contributed by atoms with Crippen LogP contribution in [-0.4, -0.2) is 46.5 Å². The molecule has 12 heteroatoms. The van der Waals surface area contributed by atoms with E-state index in [1.54, 1.807) is 30.6 Å². The van der Waals surface area contributed by atoms with Crippen molar-refractivity contribution in [3.63, 3.8) is 0 Å². The second-order valence-corrected chi connectivity index (χ2v) is 9.47. The van der Waals surface area contributed by atoms with Gasteiger partial charge in [0.25, 0.3) is 0 Å². The number of nitrogens with one attached hydrogen (secondary N) is 3. The Morgan fingerprint density at radius 1 is 1.08 bits per heavy atom. The summed E-state index contributed by atoms with van der Waals surface area (Å²) in [4.78, 5) is 21.3. The van der Waals surface area contributed by atoms with Gasteiger partial charge >= 0.3 is 0 Å². The average molecular weight is 519 g/mol. The molecule has 37 heavy (non-hydrogen) atoms. The molecule has 1 atom stereocenters. The van der Waals surface area contributed by atoms with Gasteiger partial charge in [0.2, 0.25) is 0 Å². The number of imidazole rings is 1. The molecular formula is C25H20F2N8OS. The van der Waals surface area contributed by atoms with Gasteiger partial charge in [0.05, 0.1) is 22.8 Å². The van der Waals surface area contributed by atoms with Crippen LogP contribution in [0.5, 0.6) is 0 Å². The highest BCUT2D eigenvalue weighted by molar-refractivity contribution is 7.14. The standard InChI is InChI=1S/C25H20F2N8OS/c1-2-3-18(36)31-13-8-12(9-28-10-13)15-11-30-23-19(20(15)27)22(34-35-23)25-32-21-14(6-7-29-24(21)33-25)16-4-5-17(26)37-16/h4-11,18,31,36H,2-3H2,1H3,(H,29,32,33)(H,30,34,35). The summed E-state index contributed by atoms with van der Waals surface area (Å²) >= 11 is 1.02. The van der Waals surface area contributed by atoms with Crippen molar-refractivity contribution in [2.24, 2.45) is 0 Å². The largest absolute Gasteiger partial charge is 0.374 e. The van der Waals surface area contributed by atoms with E-state index in [9.17, 15) is 9.50 Å². The molecule has 9 nitrogen and oxygen atoms in total. The van der Waals surface area contributed by atoms with Gasteiger partial charge in [-0.05, 0) is 30.7 Å². The average Bonchev–Trinajstić information content (AvgIpc) is 3.62. The first-order valence-electron chi connectivity index (χ1n) is 11.5. The van der Waals surface area contributed by atoms with Gasteiger partial charge in [-0.25, -0.2) is 19.3 Å². The molecule has 6 aromatic rings. The molecule has 4 N–H and O–H groups in total. The molecule has 6 heterocycles. The highest BCUT2D eigenvalue weighted by Crippen LogP contribution is 2.35. The van der Waals surface area contributed by atoms with E-state index < -0.39 is 12.0 Å². The number of hydrogen-bond donors (Lipinski definition) is 4. The monoisotopic (exact) mass is 518 g/mol. The van der Waals surface area contributed by atoms with Crippen LogP contribution in [0.1, 0.15) is 19.8 Å². The Balaban J connectivity index is 1.44. The highest BCUT2D eigenvalue weighted by atomic mass is 32.1. The summed E-state index contributed by atoms with van der Waals surface area (Å²) in [7, 11) is 0. The highest BCUT2D eigenvalue weighted by Gasteiger charge is 2.21. The predicted molar refractivity (Wildman–Crippen MR) is 138 cm³/mol. The van der Waals surface area contributed by atoms with E-state index in [-0.39, 0.29) is 21.7 Å². The van der Waals surface area contributed by atoms with Gasteiger partial charge in [0.1, 0.15) is 17.7 Å². The van der Waals surface area contributed by atoms with Gasteiger partial charge in [-0.1, -0.05) is 13.3 Å². The molecule has 0 radical (unpaired) electrons. The number of aromatic nitrogens is 7. The Hall–Kier alpha value is -4.29. The van der Waals surface area contributed by atoms with Crippen molar-refractivity contribution in [2.75, 3.05) is 5.32 Å². The van der Waals surface area contributed by atoms with Crippen LogP contribution in [0.25, 0.3) is 55.3 Å². The molecule has 0 spiro atoms. The Bertz CT molecular complexity index is 1740. The van der Waals surface area contributed by atoms with E-state index in [1.165, 1.54) is 18.5 Å². The fourth-order valence-electron chi connectivity index (χ4n) is 4.22. The first-order valence-corrected chi connectivity index (χ1v) is 12.4. The van der Waals surface area contributed by atoms with Gasteiger partial charge in [0, 0.05) is 40.2 Å². The number of aliphatic hydroxyl groups excluding tert-OH is 1. The summed E-state index contributed by atoms with van der Waals surface area (Å²) in [6.45, 7) is 1.97. The second kappa shape index (κ2) is 9.30. The molecule has 0 aromatic carbocycles. The van der Waals surface area contributed by atoms with Crippen LogP contribution in [0.2, 0.25) is 0 Å². The lowest BCUT2D eigenvalue weighted by Crippen LogP contribution is -2.18. The molecule has 0 saturated heterocycles. The molecule has 6 aromatic heterocycles. The third kappa shape index (κ3) is 4.19. The lowest BCUT2D eigenvalue weighted by molar-refractivity contribution is 0.192. The smallest absolute Gasteiger partial charge is 0.184 e. The van der Waals surface area contributed by atoms with Gasteiger partial charge in [-0.2, -0.15) is 9.49 Å². The normalized spacial score (nSPS) is 12.4. The van der Waals surface area contributed by atoms with E-state index >= 15 is 4.39 Å². The number of H-pyrrole nitrogens is 2. The molecular weight excluding hydrogens is 498 g/mol. The predicted octanol–water partition coefficient (Wildman–Crippen LogP) is 5.50. The zero-order valence-corrected chi connectivity index (χ0v) is 20.3. The van der Waals surface area contributed by atoms with Crippen molar-refractivity contribution in [3.8, 4) is 33.1 Å². The number of hydrogen-bond acceptors (Lipinski definition) is 8. The van der Waals surface area contributed by atoms with E-state index in [1.807, 2.05) is 6.92 Å². The first kappa shape index (κ1) is 23.1. The van der Waals surface area contributed by atoms with E-state index in [0.29, 0.717) is 40.4 Å². The van der Waals surface area contributed by atoms with E-state index in [0.717, 1.165) is 28.2 Å². The molecule has 0 bridgehead atoms. The quantitative estimate of drug-likeness (QED) is 0.206. The van der Waals surface area contributed by atoms with Gasteiger partial charge in [-0.15, -0.1) is 11.3 Å². The maximum Gasteiger partial charge on any atom is 0.184 e. The number of anilines is 1. The van der Waals surface area contributed by atoms with Crippen LogP contribution in [0.4, 0.5) is 14.5 Å². The summed E-state index contributed by atoms with van der Waals surface area (Å²) in [6.07, 6.45) is 6.73. The van der Waals surface area contributed by atoms with Crippen LogP contribution >= 0.6 is 11.3 Å². The summed E-state index contributed by atoms with van der Waals surface area (Å²) in [5, 5.41) is 19.9. The first-order chi connectivity index (χ1) is 18.0. The zero-order valence-electron chi connectivity index (χ0n) is 19.5. The lowest BCUT2D eigenvalue weighted by Gasteiger charge is -2.13. The van der Waals surface area contributed by atoms with Crippen molar-refractivity contribution in [2.45, 2.75) is 26.0 Å². The van der Waals surface area contributed by atoms with Crippen molar-refractivity contribution >= 4 is 39.2 Å². The Labute approximate surface area is 212 Å². The second-order valence-electron chi connectivity index (χ2n) is 8.44. The fraction of sp³-hybridized carbons (Fsp3) is 0.160. The number of aromatic amines is 2. The lowest BCUT2D eigenvalue weighted by atomic mass is 10.1. The maximum atomic E-state index is 16.0. The van der Waals surface area contributed by atoms with Gasteiger partial charge in [-0.3, -0.25) is 10.1 Å². The number of rotatable bonds is 7. The molecule has 186 valence electrons. The topological polar surface area (TPSA) is 128 Å².